The van der Waals surface area contributed by atoms with Crippen LogP contribution < -0.4 is 5.73 Å². The number of hydrogen-bond acceptors (Lipinski definition) is 4. The zero-order valence-corrected chi connectivity index (χ0v) is 14.9. The summed E-state index contributed by atoms with van der Waals surface area (Å²) >= 11 is 3.31. The number of carbonyl (C=O) groups is 3. The molecule has 0 aromatic heterocycles. The van der Waals surface area contributed by atoms with Crippen molar-refractivity contribution >= 4 is 33.7 Å². The Hall–Kier alpha value is -1.73. The second kappa shape index (κ2) is 7.03. The first-order valence-corrected chi connectivity index (χ1v) is 8.97. The van der Waals surface area contributed by atoms with E-state index in [1.165, 1.54) is 4.90 Å². The van der Waals surface area contributed by atoms with Gasteiger partial charge in [-0.05, 0) is 37.5 Å². The second-order valence-corrected chi connectivity index (χ2v) is 7.09. The Balaban J connectivity index is 1.57. The van der Waals surface area contributed by atoms with Gasteiger partial charge in [0.2, 0.25) is 5.91 Å². The Bertz CT molecular complexity index is 692. The average Bonchev–Trinajstić information content (AvgIpc) is 3.13. The molecule has 0 radical (unpaired) electrons. The maximum atomic E-state index is 12.4. The van der Waals surface area contributed by atoms with E-state index in [-0.39, 0.29) is 30.3 Å². The Morgan fingerprint density at radius 2 is 2.00 bits per heavy atom. The number of likely N-dealkylation sites (tertiary alicyclic amines) is 1. The molecular formula is C17H20BrN3O3. The highest BCUT2D eigenvalue weighted by Crippen LogP contribution is 2.26. The van der Waals surface area contributed by atoms with Gasteiger partial charge in [-0.15, -0.1) is 0 Å². The van der Waals surface area contributed by atoms with Crippen molar-refractivity contribution < 1.29 is 14.4 Å². The van der Waals surface area contributed by atoms with E-state index in [0.717, 1.165) is 23.9 Å². The van der Waals surface area contributed by atoms with Crippen molar-refractivity contribution in [3.63, 3.8) is 0 Å². The van der Waals surface area contributed by atoms with Gasteiger partial charge in [0.1, 0.15) is 0 Å². The molecule has 2 N–H and O–H groups in total. The molecule has 7 heteroatoms. The Kier molecular flexibility index (Phi) is 5.01. The molecule has 6 nitrogen and oxygen atoms in total. The highest BCUT2D eigenvalue weighted by molar-refractivity contribution is 9.10. The van der Waals surface area contributed by atoms with E-state index in [9.17, 15) is 14.4 Å². The molecule has 0 bridgehead atoms. The third-order valence-corrected chi connectivity index (χ3v) is 5.17. The van der Waals surface area contributed by atoms with Crippen LogP contribution in [0, 0.1) is 0 Å². The first-order chi connectivity index (χ1) is 11.5. The van der Waals surface area contributed by atoms with Crippen LogP contribution in [-0.4, -0.2) is 53.2 Å². The van der Waals surface area contributed by atoms with Gasteiger partial charge in [0.25, 0.3) is 11.8 Å². The van der Waals surface area contributed by atoms with Crippen LogP contribution >= 0.6 is 15.9 Å². The maximum absolute atomic E-state index is 12.4. The molecular weight excluding hydrogens is 374 g/mol. The van der Waals surface area contributed by atoms with Crippen molar-refractivity contribution in [3.05, 3.63) is 33.8 Å². The first-order valence-electron chi connectivity index (χ1n) is 8.18. The lowest BCUT2D eigenvalue weighted by Crippen LogP contribution is -2.40. The van der Waals surface area contributed by atoms with Crippen LogP contribution in [0.25, 0.3) is 0 Å². The van der Waals surface area contributed by atoms with Crippen molar-refractivity contribution in [2.24, 2.45) is 5.73 Å². The first kappa shape index (κ1) is 17.1. The number of nitrogens with zero attached hydrogens (tertiary/aromatic N) is 2. The molecule has 1 atom stereocenters. The van der Waals surface area contributed by atoms with Gasteiger partial charge in [-0.1, -0.05) is 15.9 Å². The van der Waals surface area contributed by atoms with E-state index in [2.05, 4.69) is 15.9 Å². The van der Waals surface area contributed by atoms with E-state index in [0.29, 0.717) is 30.5 Å². The molecule has 1 saturated heterocycles. The van der Waals surface area contributed by atoms with Crippen LogP contribution in [0.15, 0.2) is 22.7 Å². The van der Waals surface area contributed by atoms with Crippen molar-refractivity contribution in [2.45, 2.75) is 31.7 Å². The molecule has 1 aromatic carbocycles. The molecule has 1 fully saturated rings. The summed E-state index contributed by atoms with van der Waals surface area (Å²) in [6.45, 7) is 1.50. The number of carbonyl (C=O) groups excluding carboxylic acids is 3. The molecule has 0 aliphatic carbocycles. The number of halogens is 1. The molecule has 128 valence electrons. The van der Waals surface area contributed by atoms with Crippen molar-refractivity contribution in [2.75, 3.05) is 19.6 Å². The summed E-state index contributed by atoms with van der Waals surface area (Å²) in [5.41, 5.74) is 6.54. The molecule has 1 unspecified atom stereocenters. The molecule has 0 spiro atoms. The minimum absolute atomic E-state index is 0.0577. The van der Waals surface area contributed by atoms with Gasteiger partial charge in [-0.2, -0.15) is 0 Å². The Labute approximate surface area is 149 Å². The largest absolute Gasteiger partial charge is 0.338 e. The van der Waals surface area contributed by atoms with Crippen LogP contribution in [0.3, 0.4) is 0 Å². The molecule has 2 aliphatic rings. The lowest BCUT2D eigenvalue weighted by atomic mass is 10.1. The van der Waals surface area contributed by atoms with Gasteiger partial charge in [0, 0.05) is 36.6 Å². The zero-order valence-electron chi connectivity index (χ0n) is 13.3. The SMILES string of the molecule is NCC1CCCN1C(=O)CCCN1C(=O)c2ccc(Br)cc2C1=O. The van der Waals surface area contributed by atoms with Crippen molar-refractivity contribution in [3.8, 4) is 0 Å². The minimum Gasteiger partial charge on any atom is -0.338 e. The third-order valence-electron chi connectivity index (χ3n) is 4.67. The van der Waals surface area contributed by atoms with Crippen LogP contribution in [0.4, 0.5) is 0 Å². The molecule has 2 heterocycles. The topological polar surface area (TPSA) is 83.7 Å². The smallest absolute Gasteiger partial charge is 0.261 e. The lowest BCUT2D eigenvalue weighted by molar-refractivity contribution is -0.132. The fraction of sp³-hybridized carbons (Fsp3) is 0.471. The summed E-state index contributed by atoms with van der Waals surface area (Å²) in [5.74, 6) is -0.511. The molecule has 2 aliphatic heterocycles. The van der Waals surface area contributed by atoms with Gasteiger partial charge in [0.05, 0.1) is 11.1 Å². The average molecular weight is 394 g/mol. The highest BCUT2D eigenvalue weighted by atomic mass is 79.9. The molecule has 24 heavy (non-hydrogen) atoms. The monoisotopic (exact) mass is 393 g/mol. The van der Waals surface area contributed by atoms with Gasteiger partial charge < -0.3 is 10.6 Å². The summed E-state index contributed by atoms with van der Waals surface area (Å²) in [5, 5.41) is 0. The maximum Gasteiger partial charge on any atom is 0.261 e. The van der Waals surface area contributed by atoms with Gasteiger partial charge in [-0.3, -0.25) is 19.3 Å². The minimum atomic E-state index is -0.287. The fourth-order valence-corrected chi connectivity index (χ4v) is 3.77. The number of amides is 3. The highest BCUT2D eigenvalue weighted by Gasteiger charge is 2.35. The number of imide groups is 1. The quantitative estimate of drug-likeness (QED) is 0.772. The van der Waals surface area contributed by atoms with Gasteiger partial charge in [-0.25, -0.2) is 0 Å². The number of hydrogen-bond donors (Lipinski definition) is 1. The predicted octanol–water partition coefficient (Wildman–Crippen LogP) is 1.78. The molecule has 1 aromatic rings. The molecule has 0 saturated carbocycles. The predicted molar refractivity (Wildman–Crippen MR) is 92.5 cm³/mol. The lowest BCUT2D eigenvalue weighted by Gasteiger charge is -2.23. The third kappa shape index (κ3) is 3.10. The molecule has 3 rings (SSSR count). The van der Waals surface area contributed by atoms with E-state index in [4.69, 9.17) is 5.73 Å². The summed E-state index contributed by atoms with van der Waals surface area (Å²) in [6.07, 6.45) is 2.74. The van der Waals surface area contributed by atoms with Crippen LogP contribution in [0.2, 0.25) is 0 Å². The summed E-state index contributed by atoms with van der Waals surface area (Å²) in [6, 6.07) is 5.20. The molecule has 3 amide bonds. The zero-order chi connectivity index (χ0) is 17.3. The summed E-state index contributed by atoms with van der Waals surface area (Å²) < 4.78 is 0.765. The van der Waals surface area contributed by atoms with E-state index < -0.39 is 0 Å². The number of fused-ring (bicyclic) bond motifs is 1. The number of benzene rings is 1. The van der Waals surface area contributed by atoms with E-state index in [1.807, 2.05) is 4.90 Å². The fourth-order valence-electron chi connectivity index (χ4n) is 3.41. The van der Waals surface area contributed by atoms with Gasteiger partial charge >= 0.3 is 0 Å². The van der Waals surface area contributed by atoms with Crippen LogP contribution in [-0.2, 0) is 4.79 Å². The van der Waals surface area contributed by atoms with Crippen LogP contribution in [0.5, 0.6) is 0 Å². The van der Waals surface area contributed by atoms with Crippen LogP contribution in [0.1, 0.15) is 46.4 Å². The standard InChI is InChI=1S/C17H20BrN3O3/c18-11-5-6-13-14(9-11)17(24)21(16(13)23)8-2-4-15(22)20-7-1-3-12(20)10-19/h5-6,9,12H,1-4,7-8,10,19H2. The number of rotatable bonds is 5. The Morgan fingerprint density at radius 3 is 2.75 bits per heavy atom. The van der Waals surface area contributed by atoms with E-state index in [1.54, 1.807) is 18.2 Å². The normalized spacial score (nSPS) is 20.0. The second-order valence-electron chi connectivity index (χ2n) is 6.17. The van der Waals surface area contributed by atoms with Crippen molar-refractivity contribution in [1.82, 2.24) is 9.80 Å². The van der Waals surface area contributed by atoms with Crippen molar-refractivity contribution in [1.29, 1.82) is 0 Å². The van der Waals surface area contributed by atoms with Gasteiger partial charge in [0.15, 0.2) is 0 Å². The number of nitrogens with two attached hydrogens (primary N) is 1. The Morgan fingerprint density at radius 1 is 1.25 bits per heavy atom. The summed E-state index contributed by atoms with van der Waals surface area (Å²) in [7, 11) is 0. The van der Waals surface area contributed by atoms with E-state index >= 15 is 0 Å². The summed E-state index contributed by atoms with van der Waals surface area (Å²) in [4.78, 5) is 40.0.